The molecule has 2 N–H and O–H groups in total. The van der Waals surface area contributed by atoms with E-state index < -0.39 is 0 Å². The molecular formula is C14H23N3. The molecule has 0 saturated carbocycles. The first-order chi connectivity index (χ1) is 8.15. The third kappa shape index (κ3) is 3.45. The highest BCUT2D eigenvalue weighted by atomic mass is 15.2. The molecule has 94 valence electrons. The molecule has 0 atom stereocenters. The lowest BCUT2D eigenvalue weighted by Gasteiger charge is -2.21. The zero-order valence-electron chi connectivity index (χ0n) is 10.9. The fourth-order valence-corrected chi connectivity index (χ4v) is 2.37. The molecule has 1 saturated heterocycles. The molecule has 1 aliphatic rings. The molecule has 0 unspecified atom stereocenters. The van der Waals surface area contributed by atoms with Crippen LogP contribution in [0.2, 0.25) is 0 Å². The zero-order chi connectivity index (χ0) is 12.3. The van der Waals surface area contributed by atoms with Gasteiger partial charge in [0.25, 0.3) is 0 Å². The first kappa shape index (κ1) is 12.4. The van der Waals surface area contributed by atoms with Crippen LogP contribution >= 0.6 is 0 Å². The number of nitrogens with two attached hydrogens (primary N) is 1. The molecule has 17 heavy (non-hydrogen) atoms. The van der Waals surface area contributed by atoms with E-state index in [1.54, 1.807) is 0 Å². The molecule has 3 heteroatoms. The summed E-state index contributed by atoms with van der Waals surface area (Å²) in [6.07, 6.45) is 1.25. The molecule has 0 amide bonds. The number of benzene rings is 1. The Kier molecular flexibility index (Phi) is 4.02. The maximum Gasteiger partial charge on any atom is 0.0359 e. The average molecular weight is 233 g/mol. The lowest BCUT2D eigenvalue weighted by Crippen LogP contribution is -2.28. The van der Waals surface area contributed by atoms with E-state index >= 15 is 0 Å². The van der Waals surface area contributed by atoms with E-state index in [2.05, 4.69) is 35.9 Å². The summed E-state index contributed by atoms with van der Waals surface area (Å²) in [6.45, 7) is 7.80. The minimum Gasteiger partial charge on any atom is -0.398 e. The predicted molar refractivity (Wildman–Crippen MR) is 73.0 cm³/mol. The van der Waals surface area contributed by atoms with E-state index in [1.807, 2.05) is 6.07 Å². The van der Waals surface area contributed by atoms with Crippen molar-refractivity contribution in [2.45, 2.75) is 19.9 Å². The highest BCUT2D eigenvalue weighted by Crippen LogP contribution is 2.17. The third-order valence-corrected chi connectivity index (χ3v) is 3.50. The van der Waals surface area contributed by atoms with Crippen molar-refractivity contribution in [3.05, 3.63) is 29.3 Å². The molecule has 1 heterocycles. The van der Waals surface area contributed by atoms with Gasteiger partial charge in [-0.1, -0.05) is 17.7 Å². The Morgan fingerprint density at radius 1 is 1.18 bits per heavy atom. The first-order valence-corrected chi connectivity index (χ1v) is 6.41. The fourth-order valence-electron chi connectivity index (χ4n) is 2.37. The Bertz CT molecular complexity index is 376. The van der Waals surface area contributed by atoms with Gasteiger partial charge in [0, 0.05) is 25.3 Å². The van der Waals surface area contributed by atoms with E-state index in [9.17, 15) is 0 Å². The lowest BCUT2D eigenvalue weighted by atomic mass is 10.1. The second kappa shape index (κ2) is 5.52. The number of likely N-dealkylation sites (N-methyl/N-ethyl adjacent to an activating group) is 1. The van der Waals surface area contributed by atoms with Gasteiger partial charge in [0.1, 0.15) is 0 Å². The summed E-state index contributed by atoms with van der Waals surface area (Å²) >= 11 is 0. The van der Waals surface area contributed by atoms with Gasteiger partial charge >= 0.3 is 0 Å². The largest absolute Gasteiger partial charge is 0.398 e. The standard InChI is InChI=1S/C14H23N3/c1-12-4-5-14(15)13(10-12)11-17-7-3-6-16(2)8-9-17/h4-5,10H,3,6-9,11,15H2,1-2H3. The normalized spacial score (nSPS) is 19.2. The summed E-state index contributed by atoms with van der Waals surface area (Å²) in [5, 5.41) is 0. The van der Waals surface area contributed by atoms with Crippen molar-refractivity contribution < 1.29 is 0 Å². The number of aryl methyl sites for hydroxylation is 1. The Balaban J connectivity index is 2.02. The van der Waals surface area contributed by atoms with Crippen molar-refractivity contribution in [1.82, 2.24) is 9.80 Å². The maximum absolute atomic E-state index is 6.04. The molecule has 0 aliphatic carbocycles. The number of anilines is 1. The summed E-state index contributed by atoms with van der Waals surface area (Å²) in [4.78, 5) is 4.91. The van der Waals surface area contributed by atoms with Crippen molar-refractivity contribution in [3.8, 4) is 0 Å². The lowest BCUT2D eigenvalue weighted by molar-refractivity contribution is 0.269. The van der Waals surface area contributed by atoms with Crippen LogP contribution in [0.15, 0.2) is 18.2 Å². The van der Waals surface area contributed by atoms with Crippen LogP contribution in [-0.4, -0.2) is 43.0 Å². The molecule has 1 fully saturated rings. The van der Waals surface area contributed by atoms with Gasteiger partial charge in [0.2, 0.25) is 0 Å². The van der Waals surface area contributed by atoms with Crippen LogP contribution < -0.4 is 5.73 Å². The second-order valence-corrected chi connectivity index (χ2v) is 5.14. The molecule has 1 aromatic carbocycles. The number of nitrogens with zero attached hydrogens (tertiary/aromatic N) is 2. The Morgan fingerprint density at radius 3 is 2.82 bits per heavy atom. The Labute approximate surface area is 104 Å². The van der Waals surface area contributed by atoms with Gasteiger partial charge < -0.3 is 10.6 Å². The summed E-state index contributed by atoms with van der Waals surface area (Å²) in [7, 11) is 2.20. The summed E-state index contributed by atoms with van der Waals surface area (Å²) < 4.78 is 0. The SMILES string of the molecule is Cc1ccc(N)c(CN2CCCN(C)CC2)c1. The van der Waals surface area contributed by atoms with Crippen molar-refractivity contribution in [2.75, 3.05) is 39.0 Å². The average Bonchev–Trinajstić information content (AvgIpc) is 2.49. The number of hydrogen-bond acceptors (Lipinski definition) is 3. The summed E-state index contributed by atoms with van der Waals surface area (Å²) in [5.41, 5.74) is 9.53. The van der Waals surface area contributed by atoms with Crippen molar-refractivity contribution in [3.63, 3.8) is 0 Å². The predicted octanol–water partition coefficient (Wildman–Crippen LogP) is 1.71. The highest BCUT2D eigenvalue weighted by molar-refractivity contribution is 5.48. The summed E-state index contributed by atoms with van der Waals surface area (Å²) in [6, 6.07) is 6.31. The first-order valence-electron chi connectivity index (χ1n) is 6.41. The molecule has 0 aromatic heterocycles. The van der Waals surface area contributed by atoms with Gasteiger partial charge in [0.15, 0.2) is 0 Å². The van der Waals surface area contributed by atoms with E-state index in [0.29, 0.717) is 0 Å². The van der Waals surface area contributed by atoms with E-state index in [1.165, 1.54) is 30.6 Å². The minimum absolute atomic E-state index is 0.924. The van der Waals surface area contributed by atoms with Gasteiger partial charge in [-0.2, -0.15) is 0 Å². The van der Waals surface area contributed by atoms with E-state index in [0.717, 1.165) is 25.3 Å². The minimum atomic E-state index is 0.924. The van der Waals surface area contributed by atoms with Crippen LogP contribution in [0.5, 0.6) is 0 Å². The number of nitrogen functional groups attached to an aromatic ring is 1. The molecule has 1 aliphatic heterocycles. The molecule has 3 nitrogen and oxygen atoms in total. The highest BCUT2D eigenvalue weighted by Gasteiger charge is 2.13. The second-order valence-electron chi connectivity index (χ2n) is 5.14. The number of hydrogen-bond donors (Lipinski definition) is 1. The fraction of sp³-hybridized carbons (Fsp3) is 0.571. The van der Waals surface area contributed by atoms with Gasteiger partial charge in [-0.05, 0) is 45.1 Å². The monoisotopic (exact) mass is 233 g/mol. The Hall–Kier alpha value is -1.06. The van der Waals surface area contributed by atoms with Gasteiger partial charge in [-0.3, -0.25) is 4.90 Å². The molecule has 2 rings (SSSR count). The molecular weight excluding hydrogens is 210 g/mol. The van der Waals surface area contributed by atoms with Crippen LogP contribution in [-0.2, 0) is 6.54 Å². The zero-order valence-corrected chi connectivity index (χ0v) is 10.9. The van der Waals surface area contributed by atoms with Crippen molar-refractivity contribution >= 4 is 5.69 Å². The smallest absolute Gasteiger partial charge is 0.0359 e. The molecule has 0 spiro atoms. The molecule has 0 bridgehead atoms. The van der Waals surface area contributed by atoms with Crippen LogP contribution in [0.4, 0.5) is 5.69 Å². The maximum atomic E-state index is 6.04. The van der Waals surface area contributed by atoms with E-state index in [4.69, 9.17) is 5.73 Å². The van der Waals surface area contributed by atoms with Gasteiger partial charge in [-0.25, -0.2) is 0 Å². The van der Waals surface area contributed by atoms with Crippen LogP contribution in [0.3, 0.4) is 0 Å². The van der Waals surface area contributed by atoms with Crippen LogP contribution in [0.1, 0.15) is 17.5 Å². The number of rotatable bonds is 2. The van der Waals surface area contributed by atoms with Gasteiger partial charge in [0.05, 0.1) is 0 Å². The quantitative estimate of drug-likeness (QED) is 0.789. The van der Waals surface area contributed by atoms with Gasteiger partial charge in [-0.15, -0.1) is 0 Å². The van der Waals surface area contributed by atoms with Crippen molar-refractivity contribution in [1.29, 1.82) is 0 Å². The summed E-state index contributed by atoms with van der Waals surface area (Å²) in [5.74, 6) is 0. The molecule has 0 radical (unpaired) electrons. The van der Waals surface area contributed by atoms with Crippen molar-refractivity contribution in [2.24, 2.45) is 0 Å². The Morgan fingerprint density at radius 2 is 2.00 bits per heavy atom. The third-order valence-electron chi connectivity index (χ3n) is 3.50. The van der Waals surface area contributed by atoms with Crippen LogP contribution in [0, 0.1) is 6.92 Å². The topological polar surface area (TPSA) is 32.5 Å². The van der Waals surface area contributed by atoms with E-state index in [-0.39, 0.29) is 0 Å². The molecule has 1 aromatic rings. The van der Waals surface area contributed by atoms with Crippen LogP contribution in [0.25, 0.3) is 0 Å².